The number of aryl methyl sites for hydroxylation is 2. The lowest BCUT2D eigenvalue weighted by molar-refractivity contribution is -0.139. The fraction of sp³-hybridized carbons (Fsp3) is 0.407. The Balaban J connectivity index is 2.10. The molecule has 3 rings (SSSR count). The molecule has 1 unspecified atom stereocenters. The van der Waals surface area contributed by atoms with Gasteiger partial charge in [0.05, 0.1) is 17.7 Å². The van der Waals surface area contributed by atoms with Crippen LogP contribution < -0.4 is 4.74 Å². The molecule has 170 valence electrons. The maximum absolute atomic E-state index is 13.1. The second-order valence-electron chi connectivity index (χ2n) is 8.76. The first-order valence-electron chi connectivity index (χ1n) is 11.4. The van der Waals surface area contributed by atoms with Gasteiger partial charge in [0, 0.05) is 12.1 Å². The van der Waals surface area contributed by atoms with Gasteiger partial charge in [0.2, 0.25) is 0 Å². The van der Waals surface area contributed by atoms with Crippen LogP contribution in [-0.2, 0) is 9.59 Å². The number of rotatable bonds is 8. The number of amides is 1. The van der Waals surface area contributed by atoms with Crippen molar-refractivity contribution in [2.24, 2.45) is 0 Å². The van der Waals surface area contributed by atoms with Gasteiger partial charge in [-0.1, -0.05) is 49.6 Å². The number of likely N-dealkylation sites (tertiary alicyclic amines) is 1. The molecule has 1 heterocycles. The highest BCUT2D eigenvalue weighted by molar-refractivity contribution is 6.46. The van der Waals surface area contributed by atoms with Crippen LogP contribution in [0, 0.1) is 13.8 Å². The van der Waals surface area contributed by atoms with Gasteiger partial charge < -0.3 is 14.7 Å². The summed E-state index contributed by atoms with van der Waals surface area (Å²) in [5.74, 6) is -0.602. The highest BCUT2D eigenvalue weighted by atomic mass is 16.5. The van der Waals surface area contributed by atoms with Crippen molar-refractivity contribution in [1.82, 2.24) is 4.90 Å². The fourth-order valence-corrected chi connectivity index (χ4v) is 4.17. The van der Waals surface area contributed by atoms with Gasteiger partial charge in [-0.3, -0.25) is 9.59 Å². The average Bonchev–Trinajstić information content (AvgIpc) is 2.99. The van der Waals surface area contributed by atoms with E-state index in [1.807, 2.05) is 52.0 Å². The standard InChI is InChI=1S/C27H33NO4/c1-6-7-8-14-28-24(20-11-9-10-18(4)15-20)23(26(30)27(28)31)25(29)21-12-13-22(19(5)16-21)32-17(2)3/h9-13,15-17,24,29H,6-8,14H2,1-5H3/b25-23-. The Morgan fingerprint density at radius 3 is 2.47 bits per heavy atom. The largest absolute Gasteiger partial charge is 0.507 e. The number of aliphatic hydroxyl groups is 1. The van der Waals surface area contributed by atoms with E-state index < -0.39 is 17.7 Å². The van der Waals surface area contributed by atoms with Crippen LogP contribution in [0.15, 0.2) is 48.0 Å². The second kappa shape index (κ2) is 10.0. The predicted molar refractivity (Wildman–Crippen MR) is 127 cm³/mol. The number of ketones is 1. The highest BCUT2D eigenvalue weighted by Crippen LogP contribution is 2.40. The molecular weight excluding hydrogens is 402 g/mol. The number of hydrogen-bond acceptors (Lipinski definition) is 4. The molecule has 2 aromatic carbocycles. The van der Waals surface area contributed by atoms with Gasteiger partial charge >= 0.3 is 0 Å². The van der Waals surface area contributed by atoms with Gasteiger partial charge in [-0.15, -0.1) is 0 Å². The molecule has 1 N–H and O–H groups in total. The molecule has 1 aliphatic heterocycles. The molecule has 1 fully saturated rings. The van der Waals surface area contributed by atoms with Crippen LogP contribution in [0.1, 0.15) is 68.3 Å². The molecule has 1 aliphatic rings. The van der Waals surface area contributed by atoms with Crippen LogP contribution in [0.4, 0.5) is 0 Å². The van der Waals surface area contributed by atoms with E-state index >= 15 is 0 Å². The van der Waals surface area contributed by atoms with Crippen molar-refractivity contribution in [1.29, 1.82) is 0 Å². The molecule has 0 bridgehead atoms. The Bertz CT molecular complexity index is 1040. The van der Waals surface area contributed by atoms with Crippen molar-refractivity contribution in [3.63, 3.8) is 0 Å². The minimum absolute atomic E-state index is 0.0305. The van der Waals surface area contributed by atoms with Gasteiger partial charge in [0.15, 0.2) is 0 Å². The van der Waals surface area contributed by atoms with E-state index in [0.29, 0.717) is 12.1 Å². The quantitative estimate of drug-likeness (QED) is 0.250. The summed E-state index contributed by atoms with van der Waals surface area (Å²) in [6, 6.07) is 12.5. The van der Waals surface area contributed by atoms with Gasteiger partial charge in [0.1, 0.15) is 11.5 Å². The van der Waals surface area contributed by atoms with E-state index in [4.69, 9.17) is 4.74 Å². The summed E-state index contributed by atoms with van der Waals surface area (Å²) in [6.45, 7) is 10.4. The van der Waals surface area contributed by atoms with E-state index in [1.165, 1.54) is 0 Å². The number of carbonyl (C=O) groups excluding carboxylic acids is 2. The predicted octanol–water partition coefficient (Wildman–Crippen LogP) is 5.70. The van der Waals surface area contributed by atoms with Gasteiger partial charge in [0.25, 0.3) is 11.7 Å². The number of ether oxygens (including phenoxy) is 1. The molecule has 2 aromatic rings. The third-order valence-corrected chi connectivity index (χ3v) is 5.71. The Kier molecular flexibility index (Phi) is 7.39. The number of benzene rings is 2. The summed E-state index contributed by atoms with van der Waals surface area (Å²) in [5, 5.41) is 11.2. The van der Waals surface area contributed by atoms with Crippen LogP contribution in [0.2, 0.25) is 0 Å². The molecular formula is C27H33NO4. The van der Waals surface area contributed by atoms with Gasteiger partial charge in [-0.05, 0) is 63.4 Å². The van der Waals surface area contributed by atoms with Crippen LogP contribution in [0.25, 0.3) is 5.76 Å². The first-order valence-corrected chi connectivity index (χ1v) is 11.4. The number of carbonyl (C=O) groups is 2. The molecule has 0 saturated carbocycles. The van der Waals surface area contributed by atoms with E-state index in [1.54, 1.807) is 23.1 Å². The van der Waals surface area contributed by atoms with E-state index in [-0.39, 0.29) is 17.4 Å². The molecule has 0 aromatic heterocycles. The number of aliphatic hydroxyl groups excluding tert-OH is 1. The molecule has 32 heavy (non-hydrogen) atoms. The maximum atomic E-state index is 13.1. The SMILES string of the molecule is CCCCCN1C(=O)C(=O)/C(=C(\O)c2ccc(OC(C)C)c(C)c2)C1c1cccc(C)c1. The van der Waals surface area contributed by atoms with Crippen LogP contribution in [0.5, 0.6) is 5.75 Å². The first kappa shape index (κ1) is 23.6. The van der Waals surface area contributed by atoms with Crippen LogP contribution >= 0.6 is 0 Å². The lowest BCUT2D eigenvalue weighted by atomic mass is 9.94. The lowest BCUT2D eigenvalue weighted by Crippen LogP contribution is -2.30. The summed E-state index contributed by atoms with van der Waals surface area (Å²) in [5.41, 5.74) is 3.37. The molecule has 1 amide bonds. The normalized spacial score (nSPS) is 17.9. The number of hydrogen-bond donors (Lipinski definition) is 1. The molecule has 1 atom stereocenters. The van der Waals surface area contributed by atoms with Gasteiger partial charge in [-0.25, -0.2) is 0 Å². The van der Waals surface area contributed by atoms with Crippen molar-refractivity contribution < 1.29 is 19.4 Å². The summed E-state index contributed by atoms with van der Waals surface area (Å²) >= 11 is 0. The van der Waals surface area contributed by atoms with E-state index in [2.05, 4.69) is 6.92 Å². The Hall–Kier alpha value is -3.08. The Morgan fingerprint density at radius 2 is 1.84 bits per heavy atom. The zero-order chi connectivity index (χ0) is 23.4. The molecule has 5 heteroatoms. The summed E-state index contributed by atoms with van der Waals surface area (Å²) in [6.07, 6.45) is 2.83. The van der Waals surface area contributed by atoms with E-state index in [9.17, 15) is 14.7 Å². The molecule has 5 nitrogen and oxygen atoms in total. The Morgan fingerprint density at radius 1 is 1.09 bits per heavy atom. The van der Waals surface area contributed by atoms with Crippen molar-refractivity contribution in [2.45, 2.75) is 66.0 Å². The first-order chi connectivity index (χ1) is 15.2. The summed E-state index contributed by atoms with van der Waals surface area (Å²) in [7, 11) is 0. The average molecular weight is 436 g/mol. The molecule has 0 radical (unpaired) electrons. The minimum atomic E-state index is -0.634. The topological polar surface area (TPSA) is 66.8 Å². The second-order valence-corrected chi connectivity index (χ2v) is 8.76. The highest BCUT2D eigenvalue weighted by Gasteiger charge is 2.45. The molecule has 0 spiro atoms. The zero-order valence-electron chi connectivity index (χ0n) is 19.6. The van der Waals surface area contributed by atoms with Crippen molar-refractivity contribution >= 4 is 17.4 Å². The fourth-order valence-electron chi connectivity index (χ4n) is 4.17. The maximum Gasteiger partial charge on any atom is 0.295 e. The monoisotopic (exact) mass is 435 g/mol. The third kappa shape index (κ3) is 4.87. The van der Waals surface area contributed by atoms with Crippen molar-refractivity contribution in [2.75, 3.05) is 6.54 Å². The summed E-state index contributed by atoms with van der Waals surface area (Å²) in [4.78, 5) is 27.7. The lowest BCUT2D eigenvalue weighted by Gasteiger charge is -2.25. The van der Waals surface area contributed by atoms with Crippen LogP contribution in [0.3, 0.4) is 0 Å². The Labute approximate surface area is 190 Å². The zero-order valence-corrected chi connectivity index (χ0v) is 19.6. The smallest absolute Gasteiger partial charge is 0.295 e. The number of unbranched alkanes of at least 4 members (excludes halogenated alkanes) is 2. The molecule has 1 saturated heterocycles. The molecule has 0 aliphatic carbocycles. The minimum Gasteiger partial charge on any atom is -0.507 e. The van der Waals surface area contributed by atoms with Gasteiger partial charge in [-0.2, -0.15) is 0 Å². The van der Waals surface area contributed by atoms with Crippen LogP contribution in [-0.4, -0.2) is 34.3 Å². The van der Waals surface area contributed by atoms with Crippen molar-refractivity contribution in [3.8, 4) is 5.75 Å². The summed E-state index contributed by atoms with van der Waals surface area (Å²) < 4.78 is 5.79. The third-order valence-electron chi connectivity index (χ3n) is 5.71. The van der Waals surface area contributed by atoms with Crippen molar-refractivity contribution in [3.05, 3.63) is 70.3 Å². The number of Topliss-reactive ketones (excluding diaryl/α,β-unsaturated/α-hetero) is 1. The van der Waals surface area contributed by atoms with E-state index in [0.717, 1.165) is 41.7 Å². The number of nitrogens with zero attached hydrogens (tertiary/aromatic N) is 1.